The van der Waals surface area contributed by atoms with Crippen LogP contribution in [0.5, 0.6) is 0 Å². The van der Waals surface area contributed by atoms with Crippen molar-refractivity contribution < 1.29 is 26.6 Å². The Bertz CT molecular complexity index is 578. The van der Waals surface area contributed by atoms with Gasteiger partial charge in [0.2, 0.25) is 6.41 Å². The molecule has 0 fully saturated rings. The SMILES string of the molecule is C=C(C)C.Nc1c(F)c(F)c(S(=O)NCCNC=O)c(F)c1F. The molecular weight excluding hydrogens is 338 g/mol. The third-order valence-corrected chi connectivity index (χ3v) is 3.22. The second kappa shape index (κ2) is 9.95. The van der Waals surface area contributed by atoms with E-state index in [9.17, 15) is 26.6 Å². The molecule has 0 spiro atoms. The van der Waals surface area contributed by atoms with Crippen molar-refractivity contribution in [2.24, 2.45) is 0 Å². The highest BCUT2D eigenvalue weighted by molar-refractivity contribution is 7.83. The summed E-state index contributed by atoms with van der Waals surface area (Å²) in [6, 6.07) is 0. The van der Waals surface area contributed by atoms with Crippen LogP contribution in [0.2, 0.25) is 0 Å². The molecule has 23 heavy (non-hydrogen) atoms. The summed E-state index contributed by atoms with van der Waals surface area (Å²) in [5, 5.41) is 2.18. The quantitative estimate of drug-likeness (QED) is 0.182. The summed E-state index contributed by atoms with van der Waals surface area (Å²) >= 11 is 0. The molecule has 1 rings (SSSR count). The summed E-state index contributed by atoms with van der Waals surface area (Å²) in [6.07, 6.45) is 0.355. The first-order valence-corrected chi connectivity index (χ1v) is 7.35. The Kier molecular flexibility index (Phi) is 9.11. The highest BCUT2D eigenvalue weighted by Gasteiger charge is 2.27. The monoisotopic (exact) mass is 355 g/mol. The van der Waals surface area contributed by atoms with E-state index in [-0.39, 0.29) is 13.1 Å². The van der Waals surface area contributed by atoms with E-state index in [0.29, 0.717) is 6.41 Å². The Balaban J connectivity index is 0.00000108. The van der Waals surface area contributed by atoms with E-state index in [1.807, 2.05) is 13.8 Å². The normalized spacial score (nSPS) is 11.2. The van der Waals surface area contributed by atoms with Gasteiger partial charge in [-0.25, -0.2) is 26.5 Å². The van der Waals surface area contributed by atoms with E-state index in [0.717, 1.165) is 0 Å². The average Bonchev–Trinajstić information content (AvgIpc) is 2.47. The van der Waals surface area contributed by atoms with Crippen molar-refractivity contribution >= 4 is 23.1 Å². The zero-order valence-electron chi connectivity index (χ0n) is 12.5. The van der Waals surface area contributed by atoms with Gasteiger partial charge < -0.3 is 11.1 Å². The molecule has 1 aromatic carbocycles. The van der Waals surface area contributed by atoms with E-state index < -0.39 is 44.8 Å². The van der Waals surface area contributed by atoms with Gasteiger partial charge >= 0.3 is 0 Å². The predicted molar refractivity (Wildman–Crippen MR) is 79.7 cm³/mol. The second-order valence-electron chi connectivity index (χ2n) is 4.44. The summed E-state index contributed by atoms with van der Waals surface area (Å²) in [5.74, 6) is -7.28. The molecule has 10 heteroatoms. The summed E-state index contributed by atoms with van der Waals surface area (Å²) in [5.41, 5.74) is 4.64. The molecule has 0 saturated carbocycles. The zero-order chi connectivity index (χ0) is 18.2. The van der Waals surface area contributed by atoms with Gasteiger partial charge in [0.25, 0.3) is 0 Å². The molecule has 1 unspecified atom stereocenters. The first-order valence-electron chi connectivity index (χ1n) is 6.20. The molecule has 0 aliphatic rings. The van der Waals surface area contributed by atoms with Gasteiger partial charge in [-0.05, 0) is 13.8 Å². The number of carbonyl (C=O) groups is 1. The molecular formula is C13H17F4N3O2S. The van der Waals surface area contributed by atoms with Crippen LogP contribution in [0.3, 0.4) is 0 Å². The van der Waals surface area contributed by atoms with Crippen LogP contribution in [0.4, 0.5) is 23.2 Å². The predicted octanol–water partition coefficient (Wildman–Crippen LogP) is 1.77. The number of nitrogens with one attached hydrogen (secondary N) is 2. The van der Waals surface area contributed by atoms with Gasteiger partial charge in [0.1, 0.15) is 21.6 Å². The molecule has 0 aliphatic heterocycles. The van der Waals surface area contributed by atoms with Crippen LogP contribution in [0.25, 0.3) is 0 Å². The van der Waals surface area contributed by atoms with E-state index in [1.165, 1.54) is 5.57 Å². The van der Waals surface area contributed by atoms with Crippen LogP contribution in [0.15, 0.2) is 17.0 Å². The molecule has 130 valence electrons. The molecule has 0 bridgehead atoms. The van der Waals surface area contributed by atoms with Crippen molar-refractivity contribution in [1.82, 2.24) is 10.0 Å². The average molecular weight is 355 g/mol. The van der Waals surface area contributed by atoms with Crippen LogP contribution in [-0.2, 0) is 15.8 Å². The Hall–Kier alpha value is -1.94. The van der Waals surface area contributed by atoms with Crippen LogP contribution in [-0.4, -0.2) is 23.7 Å². The molecule has 4 N–H and O–H groups in total. The number of anilines is 1. The lowest BCUT2D eigenvalue weighted by Gasteiger charge is -2.09. The fourth-order valence-electron chi connectivity index (χ4n) is 1.14. The molecule has 0 saturated heterocycles. The maximum atomic E-state index is 13.4. The highest BCUT2D eigenvalue weighted by Crippen LogP contribution is 2.27. The van der Waals surface area contributed by atoms with E-state index in [2.05, 4.69) is 16.6 Å². The van der Waals surface area contributed by atoms with Crippen LogP contribution in [0.1, 0.15) is 13.8 Å². The number of hydrogen-bond acceptors (Lipinski definition) is 3. The number of rotatable bonds is 6. The maximum Gasteiger partial charge on any atom is 0.207 e. The lowest BCUT2D eigenvalue weighted by atomic mass is 10.2. The molecule has 5 nitrogen and oxygen atoms in total. The number of nitrogens with two attached hydrogens (primary N) is 1. The number of amides is 1. The summed E-state index contributed by atoms with van der Waals surface area (Å²) in [4.78, 5) is 8.61. The number of halogens is 4. The zero-order valence-corrected chi connectivity index (χ0v) is 13.3. The topological polar surface area (TPSA) is 84.2 Å². The number of nitrogen functional groups attached to an aromatic ring is 1. The van der Waals surface area contributed by atoms with Gasteiger partial charge in [-0.2, -0.15) is 0 Å². The Morgan fingerprint density at radius 1 is 1.13 bits per heavy atom. The minimum absolute atomic E-state index is 0.0123. The van der Waals surface area contributed by atoms with E-state index in [4.69, 9.17) is 5.73 Å². The Labute approximate surface area is 133 Å². The van der Waals surface area contributed by atoms with Crippen LogP contribution < -0.4 is 15.8 Å². The molecule has 1 amide bonds. The van der Waals surface area contributed by atoms with Crippen LogP contribution >= 0.6 is 0 Å². The van der Waals surface area contributed by atoms with Crippen molar-refractivity contribution in [1.29, 1.82) is 0 Å². The van der Waals surface area contributed by atoms with Gasteiger partial charge in [-0.15, -0.1) is 6.58 Å². The van der Waals surface area contributed by atoms with Crippen molar-refractivity contribution in [2.75, 3.05) is 18.8 Å². The van der Waals surface area contributed by atoms with Crippen molar-refractivity contribution in [3.05, 3.63) is 35.4 Å². The van der Waals surface area contributed by atoms with Crippen molar-refractivity contribution in [3.63, 3.8) is 0 Å². The van der Waals surface area contributed by atoms with Gasteiger partial charge in [0, 0.05) is 13.1 Å². The fourth-order valence-corrected chi connectivity index (χ4v) is 2.07. The third kappa shape index (κ3) is 6.37. The molecule has 0 heterocycles. The van der Waals surface area contributed by atoms with Crippen LogP contribution in [0, 0.1) is 23.3 Å². The Morgan fingerprint density at radius 3 is 1.96 bits per heavy atom. The van der Waals surface area contributed by atoms with E-state index in [1.54, 1.807) is 0 Å². The van der Waals surface area contributed by atoms with Gasteiger partial charge in [-0.3, -0.25) is 4.79 Å². The molecule has 0 aliphatic carbocycles. The van der Waals surface area contributed by atoms with Gasteiger partial charge in [0.15, 0.2) is 23.3 Å². The summed E-state index contributed by atoms with van der Waals surface area (Å²) in [6.45, 7) is 7.39. The van der Waals surface area contributed by atoms with Gasteiger partial charge in [-0.1, -0.05) is 5.57 Å². The lowest BCUT2D eigenvalue weighted by molar-refractivity contribution is -0.109. The summed E-state index contributed by atoms with van der Waals surface area (Å²) in [7, 11) is -2.53. The smallest absolute Gasteiger partial charge is 0.207 e. The number of carbonyl (C=O) groups excluding carboxylic acids is 1. The Morgan fingerprint density at radius 2 is 1.57 bits per heavy atom. The second-order valence-corrected chi connectivity index (χ2v) is 5.68. The first kappa shape index (κ1) is 21.1. The number of hydrogen-bond donors (Lipinski definition) is 3. The number of benzene rings is 1. The number of allylic oxidation sites excluding steroid dienone is 1. The van der Waals surface area contributed by atoms with Crippen molar-refractivity contribution in [2.45, 2.75) is 18.7 Å². The first-order chi connectivity index (χ1) is 10.6. The van der Waals surface area contributed by atoms with E-state index >= 15 is 0 Å². The molecule has 0 aromatic heterocycles. The largest absolute Gasteiger partial charge is 0.394 e. The van der Waals surface area contributed by atoms with Crippen molar-refractivity contribution in [3.8, 4) is 0 Å². The molecule has 1 aromatic rings. The summed E-state index contributed by atoms with van der Waals surface area (Å²) < 4.78 is 66.5. The fraction of sp³-hybridized carbons (Fsp3) is 0.308. The van der Waals surface area contributed by atoms with Gasteiger partial charge in [0.05, 0.1) is 0 Å². The minimum atomic E-state index is -2.53. The molecule has 1 atom stereocenters. The lowest BCUT2D eigenvalue weighted by Crippen LogP contribution is -2.29. The standard InChI is InChI=1S/C9H9F4N3O2S.C4H8/c10-4-6(12)9(7(13)5(11)8(4)14)19(18)16-2-1-15-3-17;1-4(2)3/h3,16H,1-2,14H2,(H,15,17);1H2,2-3H3. The maximum absolute atomic E-state index is 13.4. The minimum Gasteiger partial charge on any atom is -0.394 e. The third-order valence-electron chi connectivity index (χ3n) is 2.03. The highest BCUT2D eigenvalue weighted by atomic mass is 32.2. The molecule has 0 radical (unpaired) electrons.